The number of rotatable bonds is 1. The first-order valence-corrected chi connectivity index (χ1v) is 1.22. The number of aliphatic hydroxyl groups is 1. The minimum atomic E-state index is 0. The summed E-state index contributed by atoms with van der Waals surface area (Å²) < 4.78 is 0. The molecule has 0 atom stereocenters. The molecular formula is C2H7Cu3NO. The Hall–Kier alpha value is 1.48. The van der Waals surface area contributed by atoms with Crippen LogP contribution in [0.2, 0.25) is 0 Å². The van der Waals surface area contributed by atoms with E-state index in [2.05, 4.69) is 0 Å². The Balaban J connectivity index is -0.0000000150. The summed E-state index contributed by atoms with van der Waals surface area (Å²) >= 11 is 0. The SMILES string of the molecule is NCCO.[Cu].[Cu].[Cu]. The number of aliphatic hydroxyl groups excluding tert-OH is 1. The van der Waals surface area contributed by atoms with Gasteiger partial charge in [0.25, 0.3) is 0 Å². The van der Waals surface area contributed by atoms with E-state index in [0.717, 1.165) is 0 Å². The van der Waals surface area contributed by atoms with Gasteiger partial charge in [-0.1, -0.05) is 0 Å². The van der Waals surface area contributed by atoms with Gasteiger partial charge in [-0.15, -0.1) is 0 Å². The Kier molecular flexibility index (Phi) is 87.6. The molecule has 7 heavy (non-hydrogen) atoms. The molecule has 0 aromatic heterocycles. The molecule has 59 valence electrons. The summed E-state index contributed by atoms with van der Waals surface area (Å²) in [5, 5.41) is 7.75. The summed E-state index contributed by atoms with van der Waals surface area (Å²) in [5.74, 6) is 0. The van der Waals surface area contributed by atoms with Gasteiger partial charge in [0.05, 0.1) is 6.61 Å². The van der Waals surface area contributed by atoms with Crippen LogP contribution in [0.3, 0.4) is 0 Å². The number of hydrogen-bond donors (Lipinski definition) is 2. The van der Waals surface area contributed by atoms with Gasteiger partial charge in [0.15, 0.2) is 0 Å². The molecule has 3 radical (unpaired) electrons. The third-order valence-corrected chi connectivity index (χ3v) is 0.129. The van der Waals surface area contributed by atoms with Crippen LogP contribution in [0.25, 0.3) is 0 Å². The molecule has 0 fully saturated rings. The molecule has 0 aliphatic heterocycles. The van der Waals surface area contributed by atoms with Crippen LogP contribution in [0.15, 0.2) is 0 Å². The fraction of sp³-hybridized carbons (Fsp3) is 1.00. The van der Waals surface area contributed by atoms with Crippen molar-refractivity contribution < 1.29 is 56.3 Å². The molecule has 0 rings (SSSR count). The molecular weight excluding hydrogens is 245 g/mol. The van der Waals surface area contributed by atoms with Gasteiger partial charge in [-0.2, -0.15) is 0 Å². The Morgan fingerprint density at radius 2 is 1.29 bits per heavy atom. The van der Waals surface area contributed by atoms with Crippen molar-refractivity contribution in [2.45, 2.75) is 0 Å². The number of nitrogens with two attached hydrogens (primary N) is 1. The Bertz CT molecular complexity index is 14.9. The molecule has 3 N–H and O–H groups in total. The summed E-state index contributed by atoms with van der Waals surface area (Å²) in [6, 6.07) is 0. The molecule has 0 aromatic rings. The fourth-order valence-corrected chi connectivity index (χ4v) is 0. The van der Waals surface area contributed by atoms with Crippen molar-refractivity contribution in [2.24, 2.45) is 5.73 Å². The van der Waals surface area contributed by atoms with Crippen molar-refractivity contribution in [3.8, 4) is 0 Å². The summed E-state index contributed by atoms with van der Waals surface area (Å²) in [5.41, 5.74) is 4.78. The Morgan fingerprint density at radius 3 is 1.29 bits per heavy atom. The minimum Gasteiger partial charge on any atom is -0.395 e. The van der Waals surface area contributed by atoms with Gasteiger partial charge in [-0.05, 0) is 0 Å². The van der Waals surface area contributed by atoms with Crippen LogP contribution in [0.1, 0.15) is 0 Å². The van der Waals surface area contributed by atoms with Crippen LogP contribution in [-0.2, 0) is 51.2 Å². The molecule has 0 aliphatic carbocycles. The second kappa shape index (κ2) is 25.9. The zero-order chi connectivity index (χ0) is 3.41. The molecule has 0 heterocycles. The average Bonchev–Trinajstić information content (AvgIpc) is 1.37. The van der Waals surface area contributed by atoms with E-state index >= 15 is 0 Å². The fourth-order valence-electron chi connectivity index (χ4n) is 0. The summed E-state index contributed by atoms with van der Waals surface area (Å²) in [6.45, 7) is 0.472. The van der Waals surface area contributed by atoms with Crippen molar-refractivity contribution in [3.05, 3.63) is 0 Å². The Labute approximate surface area is 75.0 Å². The van der Waals surface area contributed by atoms with Crippen LogP contribution in [-0.4, -0.2) is 18.3 Å². The molecule has 0 aliphatic rings. The standard InChI is InChI=1S/C2H7NO.3Cu/c3-1-2-4;;;/h4H,1-3H2;;;. The predicted octanol–water partition coefficient (Wildman–Crippen LogP) is -1.07. The largest absolute Gasteiger partial charge is 0.395 e. The number of hydrogen-bond acceptors (Lipinski definition) is 2. The molecule has 2 nitrogen and oxygen atoms in total. The molecule has 0 saturated heterocycles. The third kappa shape index (κ3) is 36.5. The van der Waals surface area contributed by atoms with Crippen molar-refractivity contribution in [1.82, 2.24) is 0 Å². The van der Waals surface area contributed by atoms with E-state index in [1.54, 1.807) is 0 Å². The minimum absolute atomic E-state index is 0. The maximum atomic E-state index is 7.75. The van der Waals surface area contributed by atoms with Crippen LogP contribution in [0.4, 0.5) is 0 Å². The van der Waals surface area contributed by atoms with E-state index in [4.69, 9.17) is 10.8 Å². The maximum absolute atomic E-state index is 7.75. The molecule has 0 unspecified atom stereocenters. The second-order valence-electron chi connectivity index (χ2n) is 0.512. The van der Waals surface area contributed by atoms with Gasteiger partial charge >= 0.3 is 0 Å². The first kappa shape index (κ1) is 23.6. The van der Waals surface area contributed by atoms with Gasteiger partial charge in [0, 0.05) is 57.8 Å². The molecule has 0 spiro atoms. The quantitative estimate of drug-likeness (QED) is 0.583. The van der Waals surface area contributed by atoms with Crippen LogP contribution < -0.4 is 5.73 Å². The van der Waals surface area contributed by atoms with Gasteiger partial charge in [-0.25, -0.2) is 0 Å². The van der Waals surface area contributed by atoms with E-state index in [1.165, 1.54) is 0 Å². The second-order valence-corrected chi connectivity index (χ2v) is 0.512. The van der Waals surface area contributed by atoms with Gasteiger partial charge in [-0.3, -0.25) is 0 Å². The van der Waals surface area contributed by atoms with E-state index in [0.29, 0.717) is 6.54 Å². The predicted molar refractivity (Wildman–Crippen MR) is 16.1 cm³/mol. The van der Waals surface area contributed by atoms with Gasteiger partial charge in [0.1, 0.15) is 0 Å². The van der Waals surface area contributed by atoms with Gasteiger partial charge in [0.2, 0.25) is 0 Å². The van der Waals surface area contributed by atoms with E-state index in [-0.39, 0.29) is 57.8 Å². The monoisotopic (exact) mass is 250 g/mol. The van der Waals surface area contributed by atoms with E-state index < -0.39 is 0 Å². The van der Waals surface area contributed by atoms with Crippen molar-refractivity contribution in [2.75, 3.05) is 13.2 Å². The average molecular weight is 252 g/mol. The molecule has 0 bridgehead atoms. The van der Waals surface area contributed by atoms with Crippen molar-refractivity contribution >= 4 is 0 Å². The van der Waals surface area contributed by atoms with E-state index in [9.17, 15) is 0 Å². The zero-order valence-corrected chi connectivity index (χ0v) is 6.17. The maximum Gasteiger partial charge on any atom is 0.0553 e. The molecule has 0 aromatic carbocycles. The van der Waals surface area contributed by atoms with E-state index in [1.807, 2.05) is 0 Å². The van der Waals surface area contributed by atoms with Gasteiger partial charge < -0.3 is 10.8 Å². The zero-order valence-electron chi connectivity index (χ0n) is 3.34. The Morgan fingerprint density at radius 1 is 1.14 bits per heavy atom. The van der Waals surface area contributed by atoms with Crippen LogP contribution >= 0.6 is 0 Å². The molecule has 0 amide bonds. The first-order valence-electron chi connectivity index (χ1n) is 1.22. The smallest absolute Gasteiger partial charge is 0.0553 e. The topological polar surface area (TPSA) is 46.2 Å². The summed E-state index contributed by atoms with van der Waals surface area (Å²) in [4.78, 5) is 0. The van der Waals surface area contributed by atoms with Crippen molar-refractivity contribution in [3.63, 3.8) is 0 Å². The van der Waals surface area contributed by atoms with Crippen molar-refractivity contribution in [1.29, 1.82) is 0 Å². The summed E-state index contributed by atoms with van der Waals surface area (Å²) in [7, 11) is 0. The molecule has 0 saturated carbocycles. The summed E-state index contributed by atoms with van der Waals surface area (Å²) in [6.07, 6.45) is 0. The normalized spacial score (nSPS) is 4.29. The first-order chi connectivity index (χ1) is 1.91. The van der Waals surface area contributed by atoms with Crippen LogP contribution in [0, 0.1) is 0 Å². The van der Waals surface area contributed by atoms with Crippen LogP contribution in [0.5, 0.6) is 0 Å². The molecule has 5 heteroatoms. The third-order valence-electron chi connectivity index (χ3n) is 0.129.